The zero-order valence-corrected chi connectivity index (χ0v) is 14.3. The van der Waals surface area contributed by atoms with Crippen LogP contribution in [0.15, 0.2) is 42.5 Å². The van der Waals surface area contributed by atoms with E-state index < -0.39 is 0 Å². The van der Waals surface area contributed by atoms with Crippen LogP contribution < -0.4 is 5.32 Å². The van der Waals surface area contributed by atoms with E-state index in [-0.39, 0.29) is 22.7 Å². The largest absolute Gasteiger partial charge is 0.506 e. The third-order valence-electron chi connectivity index (χ3n) is 4.74. The molecule has 2 N–H and O–H groups in total. The van der Waals surface area contributed by atoms with Gasteiger partial charge in [0.1, 0.15) is 5.75 Å². The number of anilines is 1. The quantitative estimate of drug-likeness (QED) is 0.591. The first kappa shape index (κ1) is 15.2. The Morgan fingerprint density at radius 3 is 2.70 bits per heavy atom. The van der Waals surface area contributed by atoms with Crippen molar-refractivity contribution in [3.05, 3.63) is 68.7 Å². The number of aromatic hydroxyl groups is 1. The van der Waals surface area contributed by atoms with Gasteiger partial charge in [0.05, 0.1) is 21.8 Å². The lowest BCUT2D eigenvalue weighted by molar-refractivity contribution is 0.402. The topological polar surface area (TPSA) is 32.3 Å². The van der Waals surface area contributed by atoms with Gasteiger partial charge in [0, 0.05) is 16.5 Å². The lowest BCUT2D eigenvalue weighted by atomic mass is 9.77. The summed E-state index contributed by atoms with van der Waals surface area (Å²) in [6, 6.07) is 9.17. The third kappa shape index (κ3) is 2.40. The Labute approximate surface area is 149 Å². The highest BCUT2D eigenvalue weighted by atomic mass is 35.5. The fraction of sp³-hybridized carbons (Fsp3) is 0.222. The number of rotatable bonds is 1. The summed E-state index contributed by atoms with van der Waals surface area (Å²) in [5, 5.41) is 15.4. The van der Waals surface area contributed by atoms with Crippen molar-refractivity contribution in [2.75, 3.05) is 5.32 Å². The number of para-hydroxylation sites is 1. The summed E-state index contributed by atoms with van der Waals surface area (Å²) in [6.07, 6.45) is 5.33. The van der Waals surface area contributed by atoms with Gasteiger partial charge in [0.15, 0.2) is 0 Å². The smallest absolute Gasteiger partial charge is 0.139 e. The van der Waals surface area contributed by atoms with Crippen molar-refractivity contribution in [3.63, 3.8) is 0 Å². The Balaban J connectivity index is 1.87. The molecule has 0 spiro atoms. The molecule has 1 aliphatic carbocycles. The normalized spacial score (nSPS) is 24.9. The average molecular weight is 367 g/mol. The molecular weight excluding hydrogens is 353 g/mol. The van der Waals surface area contributed by atoms with Gasteiger partial charge in [0.2, 0.25) is 0 Å². The van der Waals surface area contributed by atoms with Crippen LogP contribution in [0.3, 0.4) is 0 Å². The van der Waals surface area contributed by atoms with Crippen molar-refractivity contribution >= 4 is 40.5 Å². The number of nitrogens with one attached hydrogen (secondary N) is 1. The van der Waals surface area contributed by atoms with Gasteiger partial charge in [-0.1, -0.05) is 59.1 Å². The summed E-state index contributed by atoms with van der Waals surface area (Å²) in [5.74, 6) is 0.642. The first-order valence-electron chi connectivity index (χ1n) is 7.46. The number of fused-ring (bicyclic) bond motifs is 3. The van der Waals surface area contributed by atoms with Gasteiger partial charge in [-0.25, -0.2) is 0 Å². The van der Waals surface area contributed by atoms with Crippen molar-refractivity contribution in [3.8, 4) is 5.75 Å². The highest BCUT2D eigenvalue weighted by molar-refractivity contribution is 6.35. The van der Waals surface area contributed by atoms with Crippen LogP contribution in [-0.4, -0.2) is 5.11 Å². The molecule has 0 saturated carbocycles. The van der Waals surface area contributed by atoms with E-state index >= 15 is 0 Å². The Morgan fingerprint density at radius 1 is 1.04 bits per heavy atom. The summed E-state index contributed by atoms with van der Waals surface area (Å²) >= 11 is 18.6. The maximum Gasteiger partial charge on any atom is 0.139 e. The van der Waals surface area contributed by atoms with Gasteiger partial charge in [-0.05, 0) is 36.1 Å². The van der Waals surface area contributed by atoms with Crippen LogP contribution in [0.1, 0.15) is 29.5 Å². The molecule has 0 aromatic heterocycles. The summed E-state index contributed by atoms with van der Waals surface area (Å²) < 4.78 is 0. The maximum absolute atomic E-state index is 10.4. The molecule has 5 heteroatoms. The van der Waals surface area contributed by atoms with Gasteiger partial charge in [-0.3, -0.25) is 0 Å². The molecule has 23 heavy (non-hydrogen) atoms. The van der Waals surface area contributed by atoms with Gasteiger partial charge >= 0.3 is 0 Å². The molecule has 4 rings (SSSR count). The van der Waals surface area contributed by atoms with Crippen molar-refractivity contribution in [2.24, 2.45) is 5.92 Å². The molecule has 0 saturated heterocycles. The summed E-state index contributed by atoms with van der Waals surface area (Å²) in [4.78, 5) is 0. The number of phenolic OH excluding ortho intramolecular Hbond substituents is 1. The molecule has 3 atom stereocenters. The predicted molar refractivity (Wildman–Crippen MR) is 95.9 cm³/mol. The molecule has 1 aliphatic heterocycles. The van der Waals surface area contributed by atoms with Crippen molar-refractivity contribution in [1.29, 1.82) is 0 Å². The predicted octanol–water partition coefficient (Wildman–Crippen LogP) is 6.18. The Morgan fingerprint density at radius 2 is 1.87 bits per heavy atom. The lowest BCUT2D eigenvalue weighted by Gasteiger charge is -2.38. The number of allylic oxidation sites excluding steroid dienone is 2. The lowest BCUT2D eigenvalue weighted by Crippen LogP contribution is -2.29. The van der Waals surface area contributed by atoms with Crippen molar-refractivity contribution in [2.45, 2.75) is 18.4 Å². The van der Waals surface area contributed by atoms with Crippen LogP contribution in [0.5, 0.6) is 5.75 Å². The Hall–Kier alpha value is -1.35. The van der Waals surface area contributed by atoms with Gasteiger partial charge in [-0.2, -0.15) is 0 Å². The molecule has 0 bridgehead atoms. The van der Waals surface area contributed by atoms with E-state index in [4.69, 9.17) is 34.8 Å². The molecular formula is C18H14Cl3NO. The van der Waals surface area contributed by atoms with Crippen LogP contribution in [0, 0.1) is 5.92 Å². The minimum absolute atomic E-state index is 0.0784. The second-order valence-electron chi connectivity index (χ2n) is 6.01. The van der Waals surface area contributed by atoms with Crippen molar-refractivity contribution in [1.82, 2.24) is 0 Å². The zero-order chi connectivity index (χ0) is 16.1. The average Bonchev–Trinajstić information content (AvgIpc) is 3.00. The van der Waals surface area contributed by atoms with E-state index in [1.807, 2.05) is 12.1 Å². The van der Waals surface area contributed by atoms with Crippen LogP contribution in [0.4, 0.5) is 5.69 Å². The van der Waals surface area contributed by atoms with E-state index in [0.29, 0.717) is 21.5 Å². The van der Waals surface area contributed by atoms with E-state index in [2.05, 4.69) is 23.5 Å². The SMILES string of the molecule is Oc1c(Cl)cc(Cl)cc1C1Nc2c(Cl)cccc2C2C=CCC21. The Kier molecular flexibility index (Phi) is 3.72. The van der Waals surface area contributed by atoms with Gasteiger partial charge < -0.3 is 10.4 Å². The van der Waals surface area contributed by atoms with Gasteiger partial charge in [0.25, 0.3) is 0 Å². The molecule has 0 fully saturated rings. The molecule has 0 amide bonds. The van der Waals surface area contributed by atoms with E-state index in [1.165, 1.54) is 5.56 Å². The fourth-order valence-electron chi connectivity index (χ4n) is 3.71. The minimum Gasteiger partial charge on any atom is -0.506 e. The Bertz CT molecular complexity index is 818. The minimum atomic E-state index is -0.0985. The van der Waals surface area contributed by atoms with Crippen molar-refractivity contribution < 1.29 is 5.11 Å². The van der Waals surface area contributed by atoms with Crippen LogP contribution in [0.2, 0.25) is 15.1 Å². The first-order chi connectivity index (χ1) is 11.1. The third-order valence-corrected chi connectivity index (χ3v) is 5.56. The highest BCUT2D eigenvalue weighted by Crippen LogP contribution is 2.53. The molecule has 118 valence electrons. The summed E-state index contributed by atoms with van der Waals surface area (Å²) in [7, 11) is 0. The maximum atomic E-state index is 10.4. The van der Waals surface area contributed by atoms with E-state index in [9.17, 15) is 5.11 Å². The first-order valence-corrected chi connectivity index (χ1v) is 8.59. The summed E-state index contributed by atoms with van der Waals surface area (Å²) in [6.45, 7) is 0. The highest BCUT2D eigenvalue weighted by Gasteiger charge is 2.39. The zero-order valence-electron chi connectivity index (χ0n) is 12.1. The van der Waals surface area contributed by atoms with Crippen LogP contribution in [-0.2, 0) is 0 Å². The van der Waals surface area contributed by atoms with Gasteiger partial charge in [-0.15, -0.1) is 0 Å². The molecule has 2 nitrogen and oxygen atoms in total. The molecule has 0 radical (unpaired) electrons. The second kappa shape index (κ2) is 5.62. The monoisotopic (exact) mass is 365 g/mol. The van der Waals surface area contributed by atoms with Crippen LogP contribution in [0.25, 0.3) is 0 Å². The van der Waals surface area contributed by atoms with E-state index in [1.54, 1.807) is 12.1 Å². The molecule has 2 aliphatic rings. The second-order valence-corrected chi connectivity index (χ2v) is 7.26. The fourth-order valence-corrected chi connectivity index (χ4v) is 4.46. The standard InChI is InChI=1S/C18H14Cl3NO/c19-9-7-13(18(23)15(21)8-9)16-11-4-1-3-10(11)12-5-2-6-14(20)17(12)22-16/h1-3,5-8,10-11,16,22-23H,4H2. The molecule has 2 aromatic carbocycles. The number of benzene rings is 2. The number of hydrogen-bond acceptors (Lipinski definition) is 2. The number of halogens is 3. The molecule has 3 unspecified atom stereocenters. The van der Waals surface area contributed by atoms with E-state index in [0.717, 1.165) is 12.1 Å². The number of phenols is 1. The van der Waals surface area contributed by atoms with Crippen LogP contribution >= 0.6 is 34.8 Å². The molecule has 2 aromatic rings. The number of hydrogen-bond donors (Lipinski definition) is 2. The summed E-state index contributed by atoms with van der Waals surface area (Å²) in [5.41, 5.74) is 2.83. The molecule has 1 heterocycles.